The minimum Gasteiger partial charge on any atom is -0.342 e. The first-order valence-electron chi connectivity index (χ1n) is 16.6. The van der Waals surface area contributed by atoms with Crippen LogP contribution in [0.25, 0.3) is 33.9 Å². The fourth-order valence-corrected chi connectivity index (χ4v) is 8.38. The van der Waals surface area contributed by atoms with Gasteiger partial charge in [0.1, 0.15) is 17.4 Å². The summed E-state index contributed by atoms with van der Waals surface area (Å²) in [6.07, 6.45) is 9.27. The highest BCUT2D eigenvalue weighted by atomic mass is 16.2. The number of likely N-dealkylation sites (tertiary alicyclic amines) is 1. The summed E-state index contributed by atoms with van der Waals surface area (Å²) < 4.78 is 0. The van der Waals surface area contributed by atoms with Crippen molar-refractivity contribution in [2.75, 3.05) is 6.54 Å². The van der Waals surface area contributed by atoms with Gasteiger partial charge in [-0.1, -0.05) is 56.3 Å². The van der Waals surface area contributed by atoms with Gasteiger partial charge in [-0.15, -0.1) is 0 Å². The van der Waals surface area contributed by atoms with Crippen molar-refractivity contribution in [3.05, 3.63) is 71.8 Å². The maximum atomic E-state index is 13.0. The molecule has 3 heterocycles. The van der Waals surface area contributed by atoms with Gasteiger partial charge < -0.3 is 20.6 Å². The Morgan fingerprint density at radius 2 is 1.56 bits per heavy atom. The molecule has 1 aliphatic heterocycles. The second-order valence-electron chi connectivity index (χ2n) is 13.9. The van der Waals surface area contributed by atoms with Gasteiger partial charge in [0.2, 0.25) is 5.91 Å². The first kappa shape index (κ1) is 29.7. The number of nitrogens with zero attached hydrogens (tertiary/aromatic N) is 3. The van der Waals surface area contributed by atoms with E-state index >= 15 is 0 Å². The average Bonchev–Trinajstić information content (AvgIpc) is 3.87. The van der Waals surface area contributed by atoms with Crippen molar-refractivity contribution >= 4 is 11.7 Å². The minimum atomic E-state index is -0.485. The lowest BCUT2D eigenvalue weighted by molar-refractivity contribution is -0.134. The zero-order valence-electron chi connectivity index (χ0n) is 26.7. The highest BCUT2D eigenvalue weighted by molar-refractivity contribution is 5.83. The van der Waals surface area contributed by atoms with Crippen molar-refractivity contribution < 1.29 is 9.59 Å². The third-order valence-corrected chi connectivity index (χ3v) is 10.8. The normalized spacial score (nSPS) is 24.9. The summed E-state index contributed by atoms with van der Waals surface area (Å²) in [4.78, 5) is 44.0. The molecule has 2 saturated carbocycles. The number of nitrogens with two attached hydrogens (primary N) is 1. The van der Waals surface area contributed by atoms with Crippen LogP contribution in [0.2, 0.25) is 0 Å². The molecule has 0 spiro atoms. The molecule has 0 radical (unpaired) electrons. The summed E-state index contributed by atoms with van der Waals surface area (Å²) in [6.45, 7) is 8.57. The van der Waals surface area contributed by atoms with Crippen LogP contribution in [-0.2, 0) is 9.59 Å². The predicted octanol–water partition coefficient (Wildman–Crippen LogP) is 6.81. The van der Waals surface area contributed by atoms with Crippen LogP contribution in [-0.4, -0.2) is 49.1 Å². The number of rotatable bonds is 8. The van der Waals surface area contributed by atoms with Gasteiger partial charge in [0.15, 0.2) is 0 Å². The molecule has 2 aliphatic carbocycles. The van der Waals surface area contributed by atoms with Crippen LogP contribution in [0.15, 0.2) is 54.9 Å². The van der Waals surface area contributed by atoms with Gasteiger partial charge in [-0.2, -0.15) is 0 Å². The molecule has 6 atom stereocenters. The van der Waals surface area contributed by atoms with Gasteiger partial charge in [0.25, 0.3) is 0 Å². The Morgan fingerprint density at radius 3 is 2.29 bits per heavy atom. The van der Waals surface area contributed by atoms with Gasteiger partial charge in [-0.05, 0) is 80.4 Å². The number of aromatic amines is 2. The van der Waals surface area contributed by atoms with Crippen LogP contribution in [0.1, 0.15) is 81.8 Å². The number of benzene rings is 2. The summed E-state index contributed by atoms with van der Waals surface area (Å²) in [5.41, 5.74) is 13.8. The number of aryl methyl sites for hydroxylation is 1. The Balaban J connectivity index is 1.06. The topological polar surface area (TPSA) is 121 Å². The summed E-state index contributed by atoms with van der Waals surface area (Å²) in [5, 5.41) is 0. The summed E-state index contributed by atoms with van der Waals surface area (Å²) in [6, 6.07) is 14.5. The third-order valence-electron chi connectivity index (χ3n) is 10.8. The number of imidazole rings is 2. The number of carbonyl (C=O) groups excluding carboxylic acids is 2. The van der Waals surface area contributed by atoms with Crippen LogP contribution in [0.4, 0.5) is 0 Å². The lowest BCUT2D eigenvalue weighted by atomic mass is 9.76. The highest BCUT2D eigenvalue weighted by Gasteiger charge is 2.50. The van der Waals surface area contributed by atoms with Crippen LogP contribution in [0.5, 0.6) is 0 Å². The molecular formula is C37H44N6O2. The van der Waals surface area contributed by atoms with Crippen molar-refractivity contribution in [3.8, 4) is 33.9 Å². The number of Topliss-reactive ketones (excluding diaryl/α,β-unsaturated/α-hetero) is 1. The lowest BCUT2D eigenvalue weighted by Gasteiger charge is -2.28. The SMILES string of the molecule is CC(=O)C1C2CCC(C2)[C@H]1c1cnc(-c2ccc(-c3ccc(-c4ncc([C@@H]5CCCN5C(=O)[C@@H](N)C(C)C)[nH]4)c(C)c3)cc2)[nH]1. The molecule has 45 heavy (non-hydrogen) atoms. The largest absolute Gasteiger partial charge is 0.342 e. The Hall–Kier alpha value is -4.04. The number of ketones is 1. The van der Waals surface area contributed by atoms with E-state index in [1.807, 2.05) is 31.1 Å². The number of H-pyrrole nitrogens is 2. The smallest absolute Gasteiger partial charge is 0.240 e. The number of carbonyl (C=O) groups is 2. The molecule has 8 heteroatoms. The maximum Gasteiger partial charge on any atom is 0.240 e. The summed E-state index contributed by atoms with van der Waals surface area (Å²) >= 11 is 0. The van der Waals surface area contributed by atoms with Gasteiger partial charge >= 0.3 is 0 Å². The number of nitrogens with one attached hydrogen (secondary N) is 2. The molecule has 2 aromatic heterocycles. The molecule has 1 amide bonds. The molecule has 7 rings (SSSR count). The predicted molar refractivity (Wildman–Crippen MR) is 176 cm³/mol. The molecule has 234 valence electrons. The molecule has 8 nitrogen and oxygen atoms in total. The molecule has 3 unspecified atom stereocenters. The van der Waals surface area contributed by atoms with Gasteiger partial charge in [0, 0.05) is 41.4 Å². The van der Waals surface area contributed by atoms with Crippen molar-refractivity contribution in [1.82, 2.24) is 24.8 Å². The quantitative estimate of drug-likeness (QED) is 0.204. The van der Waals surface area contributed by atoms with Crippen LogP contribution in [0, 0.1) is 30.6 Å². The highest BCUT2D eigenvalue weighted by Crippen LogP contribution is 2.56. The minimum absolute atomic E-state index is 0.0178. The van der Waals surface area contributed by atoms with Crippen LogP contribution >= 0.6 is 0 Å². The monoisotopic (exact) mass is 604 g/mol. The second-order valence-corrected chi connectivity index (χ2v) is 13.9. The van der Waals surface area contributed by atoms with E-state index in [9.17, 15) is 9.59 Å². The number of amides is 1. The standard InChI is InChI=1S/C37H44N6O2/c1-20(2)34(38)37(45)43-15-5-6-31(43)29-18-40-36(41-29)28-14-13-25(16-21(28)3)23-7-9-24(10-8-23)35-39-19-30(42-35)33-27-12-11-26(17-27)32(33)22(4)44/h7-10,13-14,16,18-20,26-27,31-34H,5-6,11-12,15,17,38H2,1-4H3,(H,39,42)(H,40,41)/t26?,27?,31-,32?,33-,34-/m0/s1. The molecule has 4 aromatic rings. The number of fused-ring (bicyclic) bond motifs is 2. The van der Waals surface area contributed by atoms with E-state index in [-0.39, 0.29) is 29.7 Å². The van der Waals surface area contributed by atoms with E-state index in [0.717, 1.165) is 70.2 Å². The Morgan fingerprint density at radius 1 is 0.889 bits per heavy atom. The summed E-state index contributed by atoms with van der Waals surface area (Å²) in [5.74, 6) is 3.65. The molecule has 1 saturated heterocycles. The van der Waals surface area contributed by atoms with Crippen molar-refractivity contribution in [1.29, 1.82) is 0 Å². The Kier molecular flexibility index (Phi) is 7.72. The number of aromatic nitrogens is 4. The number of hydrogen-bond donors (Lipinski definition) is 3. The van der Waals surface area contributed by atoms with Crippen molar-refractivity contribution in [2.24, 2.45) is 29.4 Å². The van der Waals surface area contributed by atoms with E-state index < -0.39 is 6.04 Å². The van der Waals surface area contributed by atoms with E-state index in [1.165, 1.54) is 19.3 Å². The fourth-order valence-electron chi connectivity index (χ4n) is 8.38. The Labute approximate surface area is 265 Å². The zero-order valence-corrected chi connectivity index (χ0v) is 26.7. The van der Waals surface area contributed by atoms with Crippen molar-refractivity contribution in [3.63, 3.8) is 0 Å². The third kappa shape index (κ3) is 5.33. The second kappa shape index (κ2) is 11.7. The first-order chi connectivity index (χ1) is 21.7. The van der Waals surface area contributed by atoms with Gasteiger partial charge in [-0.25, -0.2) is 9.97 Å². The fraction of sp³-hybridized carbons (Fsp3) is 0.459. The number of hydrogen-bond acceptors (Lipinski definition) is 5. The molecular weight excluding hydrogens is 560 g/mol. The molecule has 4 N–H and O–H groups in total. The van der Waals surface area contributed by atoms with Crippen LogP contribution in [0.3, 0.4) is 0 Å². The van der Waals surface area contributed by atoms with E-state index in [4.69, 9.17) is 15.7 Å². The van der Waals surface area contributed by atoms with Crippen molar-refractivity contribution in [2.45, 2.75) is 77.8 Å². The average molecular weight is 605 g/mol. The zero-order chi connectivity index (χ0) is 31.4. The maximum absolute atomic E-state index is 13.0. The van der Waals surface area contributed by atoms with E-state index in [2.05, 4.69) is 59.4 Å². The van der Waals surface area contributed by atoms with E-state index in [1.54, 1.807) is 6.92 Å². The molecule has 3 fully saturated rings. The van der Waals surface area contributed by atoms with Crippen LogP contribution < -0.4 is 5.73 Å². The summed E-state index contributed by atoms with van der Waals surface area (Å²) in [7, 11) is 0. The molecule has 2 bridgehead atoms. The van der Waals surface area contributed by atoms with E-state index in [0.29, 0.717) is 17.6 Å². The Bertz CT molecular complexity index is 1720. The molecule has 3 aliphatic rings. The van der Waals surface area contributed by atoms with Gasteiger partial charge in [-0.3, -0.25) is 9.59 Å². The lowest BCUT2D eigenvalue weighted by Crippen LogP contribution is -2.46. The van der Waals surface area contributed by atoms with Gasteiger partial charge in [0.05, 0.1) is 24.0 Å². The first-order valence-corrected chi connectivity index (χ1v) is 16.6. The molecule has 2 aromatic carbocycles.